The van der Waals surface area contributed by atoms with Gasteiger partial charge in [-0.3, -0.25) is 0 Å². The molecule has 0 spiro atoms. The Morgan fingerprint density at radius 3 is 2.57 bits per heavy atom. The number of ether oxygens (including phenoxy) is 2. The molecular formula is C14H11NO6. The Kier molecular flexibility index (Phi) is 2.38. The van der Waals surface area contributed by atoms with E-state index in [1.807, 2.05) is 0 Å². The van der Waals surface area contributed by atoms with Crippen LogP contribution in [0.5, 0.6) is 17.2 Å². The smallest absolute Gasteiger partial charge is 0.358 e. The summed E-state index contributed by atoms with van der Waals surface area (Å²) in [4.78, 5) is 10.9. The highest BCUT2D eigenvalue weighted by molar-refractivity contribution is 5.88. The lowest BCUT2D eigenvalue weighted by Crippen LogP contribution is -1.95. The average molecular weight is 289 g/mol. The second kappa shape index (κ2) is 4.15. The van der Waals surface area contributed by atoms with E-state index in [9.17, 15) is 9.90 Å². The molecule has 0 atom stereocenters. The number of hydrogen-bond donors (Lipinski definition) is 2. The number of carboxylic acids is 1. The third kappa shape index (κ3) is 1.60. The van der Waals surface area contributed by atoms with E-state index in [1.165, 1.54) is 6.07 Å². The minimum Gasteiger partial charge on any atom is -0.504 e. The minimum atomic E-state index is -1.16. The Labute approximate surface area is 118 Å². The maximum Gasteiger partial charge on any atom is 0.358 e. The number of aromatic nitrogens is 1. The summed E-state index contributed by atoms with van der Waals surface area (Å²) in [6.07, 6.45) is 1.17. The van der Waals surface area contributed by atoms with E-state index in [-0.39, 0.29) is 11.4 Å². The Hall–Kier alpha value is -2.70. The highest BCUT2D eigenvalue weighted by Crippen LogP contribution is 2.52. The summed E-state index contributed by atoms with van der Waals surface area (Å²) in [5.41, 5.74) is 1.89. The molecule has 3 heterocycles. The van der Waals surface area contributed by atoms with Crippen molar-refractivity contribution >= 4 is 5.97 Å². The van der Waals surface area contributed by atoms with Gasteiger partial charge in [0.05, 0.1) is 18.8 Å². The van der Waals surface area contributed by atoms with Crippen LogP contribution in [0.2, 0.25) is 0 Å². The molecule has 0 fully saturated rings. The SMILES string of the molecule is O=C(O)c1cc(-c2c3c(c(O)c4c2OCC4)OCC3)on1. The lowest BCUT2D eigenvalue weighted by Gasteiger charge is -2.12. The van der Waals surface area contributed by atoms with E-state index in [1.54, 1.807) is 0 Å². The first-order valence-electron chi connectivity index (χ1n) is 6.53. The highest BCUT2D eigenvalue weighted by Gasteiger charge is 2.33. The third-order valence-corrected chi connectivity index (χ3v) is 3.75. The summed E-state index contributed by atoms with van der Waals surface area (Å²) in [6.45, 7) is 0.914. The highest BCUT2D eigenvalue weighted by atomic mass is 16.5. The predicted octanol–water partition coefficient (Wildman–Crippen LogP) is 1.62. The van der Waals surface area contributed by atoms with Crippen LogP contribution in [-0.4, -0.2) is 34.6 Å². The van der Waals surface area contributed by atoms with Gasteiger partial charge < -0.3 is 24.2 Å². The first-order chi connectivity index (χ1) is 10.2. The second-order valence-electron chi connectivity index (χ2n) is 4.92. The van der Waals surface area contributed by atoms with E-state index >= 15 is 0 Å². The van der Waals surface area contributed by atoms with Crippen LogP contribution in [0.25, 0.3) is 11.3 Å². The van der Waals surface area contributed by atoms with Crippen LogP contribution in [0.1, 0.15) is 21.6 Å². The Morgan fingerprint density at radius 1 is 1.14 bits per heavy atom. The largest absolute Gasteiger partial charge is 0.504 e. The summed E-state index contributed by atoms with van der Waals surface area (Å²) in [7, 11) is 0. The number of hydrogen-bond acceptors (Lipinski definition) is 6. The molecule has 0 bridgehead atoms. The molecular weight excluding hydrogens is 278 g/mol. The van der Waals surface area contributed by atoms with E-state index in [0.29, 0.717) is 54.4 Å². The molecule has 108 valence electrons. The van der Waals surface area contributed by atoms with Crippen LogP contribution in [-0.2, 0) is 12.8 Å². The van der Waals surface area contributed by atoms with Crippen molar-refractivity contribution in [1.82, 2.24) is 5.16 Å². The fraction of sp³-hybridized carbons (Fsp3) is 0.286. The van der Waals surface area contributed by atoms with Crippen LogP contribution >= 0.6 is 0 Å². The lowest BCUT2D eigenvalue weighted by atomic mass is 9.96. The number of aromatic carboxylic acids is 1. The van der Waals surface area contributed by atoms with Crippen LogP contribution < -0.4 is 9.47 Å². The van der Waals surface area contributed by atoms with Gasteiger partial charge in [-0.2, -0.15) is 0 Å². The fourth-order valence-electron chi connectivity index (χ4n) is 2.84. The van der Waals surface area contributed by atoms with Crippen molar-refractivity contribution in [2.75, 3.05) is 13.2 Å². The van der Waals surface area contributed by atoms with Gasteiger partial charge in [0.15, 0.2) is 23.0 Å². The van der Waals surface area contributed by atoms with Gasteiger partial charge in [0.25, 0.3) is 0 Å². The molecule has 4 rings (SSSR count). The maximum atomic E-state index is 10.9. The number of carboxylic acid groups (broad SMARTS) is 1. The quantitative estimate of drug-likeness (QED) is 0.865. The number of nitrogens with zero attached hydrogens (tertiary/aromatic N) is 1. The van der Waals surface area contributed by atoms with Crippen LogP contribution in [0, 0.1) is 0 Å². The monoisotopic (exact) mass is 289 g/mol. The van der Waals surface area contributed by atoms with Crippen molar-refractivity contribution in [3.05, 3.63) is 22.9 Å². The van der Waals surface area contributed by atoms with Crippen molar-refractivity contribution in [2.24, 2.45) is 0 Å². The standard InChI is InChI=1S/C14H11NO6/c16-11-7-2-4-19-12(7)10(6-1-3-20-13(6)11)9-5-8(14(17)18)15-21-9/h5,16H,1-4H2,(H,17,18). The lowest BCUT2D eigenvalue weighted by molar-refractivity contribution is 0.0686. The van der Waals surface area contributed by atoms with Crippen LogP contribution in [0.4, 0.5) is 0 Å². The summed E-state index contributed by atoms with van der Waals surface area (Å²) < 4.78 is 16.3. The topological polar surface area (TPSA) is 102 Å². The van der Waals surface area contributed by atoms with Crippen LogP contribution in [0.3, 0.4) is 0 Å². The maximum absolute atomic E-state index is 10.9. The molecule has 2 aliphatic rings. The van der Waals surface area contributed by atoms with Crippen molar-refractivity contribution < 1.29 is 29.0 Å². The van der Waals surface area contributed by atoms with Crippen molar-refractivity contribution in [3.63, 3.8) is 0 Å². The molecule has 0 aliphatic carbocycles. The molecule has 7 heteroatoms. The molecule has 0 amide bonds. The summed E-state index contributed by atoms with van der Waals surface area (Å²) in [6, 6.07) is 1.36. The minimum absolute atomic E-state index is 0.108. The molecule has 21 heavy (non-hydrogen) atoms. The summed E-state index contributed by atoms with van der Waals surface area (Å²) in [5.74, 6) is 0.227. The van der Waals surface area contributed by atoms with E-state index in [0.717, 1.165) is 5.56 Å². The number of rotatable bonds is 2. The molecule has 1 aromatic heterocycles. The molecule has 0 unspecified atom stereocenters. The normalized spacial score (nSPS) is 15.2. The van der Waals surface area contributed by atoms with Crippen molar-refractivity contribution in [1.29, 1.82) is 0 Å². The fourth-order valence-corrected chi connectivity index (χ4v) is 2.84. The van der Waals surface area contributed by atoms with Crippen molar-refractivity contribution in [2.45, 2.75) is 12.8 Å². The van der Waals surface area contributed by atoms with E-state index < -0.39 is 5.97 Å². The Bertz CT molecular complexity index is 728. The summed E-state index contributed by atoms with van der Waals surface area (Å²) in [5, 5.41) is 22.7. The van der Waals surface area contributed by atoms with Gasteiger partial charge in [-0.1, -0.05) is 5.16 Å². The van der Waals surface area contributed by atoms with Gasteiger partial charge in [0.1, 0.15) is 5.75 Å². The number of fused-ring (bicyclic) bond motifs is 2. The van der Waals surface area contributed by atoms with Gasteiger partial charge in [-0.05, 0) is 0 Å². The van der Waals surface area contributed by atoms with Crippen LogP contribution in [0.15, 0.2) is 10.6 Å². The van der Waals surface area contributed by atoms with Gasteiger partial charge in [-0.15, -0.1) is 0 Å². The molecule has 2 N–H and O–H groups in total. The van der Waals surface area contributed by atoms with Gasteiger partial charge in [0.2, 0.25) is 0 Å². The Balaban J connectivity index is 1.98. The number of aromatic hydroxyl groups is 1. The van der Waals surface area contributed by atoms with Gasteiger partial charge >= 0.3 is 5.97 Å². The third-order valence-electron chi connectivity index (χ3n) is 3.75. The molecule has 1 aromatic carbocycles. The molecule has 0 radical (unpaired) electrons. The molecule has 2 aliphatic heterocycles. The Morgan fingerprint density at radius 2 is 1.86 bits per heavy atom. The number of benzene rings is 1. The zero-order valence-corrected chi connectivity index (χ0v) is 10.9. The van der Waals surface area contributed by atoms with E-state index in [4.69, 9.17) is 19.1 Å². The first-order valence-corrected chi connectivity index (χ1v) is 6.53. The molecule has 7 nitrogen and oxygen atoms in total. The molecule has 2 aromatic rings. The number of phenols is 1. The molecule has 0 saturated heterocycles. The molecule has 0 saturated carbocycles. The number of phenolic OH excluding ortho intramolecular Hbond substituents is 1. The van der Waals surface area contributed by atoms with Gasteiger partial charge in [-0.25, -0.2) is 4.79 Å². The van der Waals surface area contributed by atoms with Crippen molar-refractivity contribution in [3.8, 4) is 28.6 Å². The van der Waals surface area contributed by atoms with Gasteiger partial charge in [0, 0.05) is 30.0 Å². The second-order valence-corrected chi connectivity index (χ2v) is 4.92. The predicted molar refractivity (Wildman–Crippen MR) is 69.0 cm³/mol. The summed E-state index contributed by atoms with van der Waals surface area (Å²) >= 11 is 0. The van der Waals surface area contributed by atoms with E-state index in [2.05, 4.69) is 5.16 Å². The zero-order valence-electron chi connectivity index (χ0n) is 10.9. The number of carbonyl (C=O) groups is 1. The zero-order chi connectivity index (χ0) is 14.6. The first kappa shape index (κ1) is 12.1. The average Bonchev–Trinajstić information content (AvgIpc) is 3.19.